The van der Waals surface area contributed by atoms with Crippen LogP contribution in [0.1, 0.15) is 22.4 Å². The molecule has 8 nitrogen and oxygen atoms in total. The maximum atomic E-state index is 12.0. The number of carbonyl (C=O) groups excluding carboxylic acids is 1. The van der Waals surface area contributed by atoms with Gasteiger partial charge in [0, 0.05) is 4.88 Å². The number of amides is 1. The Bertz CT molecular complexity index is 801. The Morgan fingerprint density at radius 2 is 2.41 bits per heavy atom. The molecule has 112 valence electrons. The van der Waals surface area contributed by atoms with E-state index >= 15 is 0 Å². The molecule has 0 saturated heterocycles. The second-order valence-corrected chi connectivity index (χ2v) is 5.96. The topological polar surface area (TPSA) is 114 Å². The molecule has 0 atom stereocenters. The van der Waals surface area contributed by atoms with E-state index in [9.17, 15) is 20.2 Å². The number of hydrogen-bond donors (Lipinski definition) is 1. The highest BCUT2D eigenvalue weighted by atomic mass is 32.1. The van der Waals surface area contributed by atoms with E-state index in [4.69, 9.17) is 0 Å². The third-order valence-corrected chi connectivity index (χ3v) is 4.61. The van der Waals surface area contributed by atoms with Crippen LogP contribution in [0.25, 0.3) is 0 Å². The number of carbonyl (C=O) groups is 1. The van der Waals surface area contributed by atoms with Gasteiger partial charge in [0.2, 0.25) is 5.91 Å². The van der Waals surface area contributed by atoms with Crippen LogP contribution in [0.2, 0.25) is 0 Å². The molecule has 0 radical (unpaired) electrons. The first kappa shape index (κ1) is 14.2. The Hall–Kier alpha value is -2.73. The van der Waals surface area contributed by atoms with Gasteiger partial charge < -0.3 is 15.4 Å². The third kappa shape index (κ3) is 2.56. The van der Waals surface area contributed by atoms with Crippen molar-refractivity contribution in [2.75, 3.05) is 5.32 Å². The van der Waals surface area contributed by atoms with Crippen molar-refractivity contribution in [1.82, 2.24) is 9.78 Å². The minimum atomic E-state index is -0.619. The number of aromatic nitrogens is 2. The van der Waals surface area contributed by atoms with Crippen LogP contribution in [0.3, 0.4) is 0 Å². The molecule has 2 aromatic heterocycles. The highest BCUT2D eigenvalue weighted by molar-refractivity contribution is 7.16. The number of anilines is 1. The predicted molar refractivity (Wildman–Crippen MR) is 78.6 cm³/mol. The summed E-state index contributed by atoms with van der Waals surface area (Å²) in [6.45, 7) is -0.138. The number of nitro groups is 1. The van der Waals surface area contributed by atoms with E-state index in [1.807, 2.05) is 0 Å². The number of fused-ring (bicyclic) bond motifs is 1. The predicted octanol–water partition coefficient (Wildman–Crippen LogP) is 1.85. The van der Waals surface area contributed by atoms with Crippen molar-refractivity contribution >= 4 is 28.1 Å². The molecule has 0 unspecified atom stereocenters. The number of thiophene rings is 1. The van der Waals surface area contributed by atoms with Crippen molar-refractivity contribution in [2.45, 2.75) is 25.8 Å². The molecule has 2 heterocycles. The van der Waals surface area contributed by atoms with Gasteiger partial charge in [-0.25, -0.2) is 0 Å². The quantitative estimate of drug-likeness (QED) is 0.682. The van der Waals surface area contributed by atoms with E-state index in [0.717, 1.165) is 29.7 Å². The lowest BCUT2D eigenvalue weighted by molar-refractivity contribution is -0.389. The molecule has 22 heavy (non-hydrogen) atoms. The minimum Gasteiger partial charge on any atom is -0.358 e. The van der Waals surface area contributed by atoms with E-state index in [-0.39, 0.29) is 18.3 Å². The summed E-state index contributed by atoms with van der Waals surface area (Å²) in [4.78, 5) is 23.1. The van der Waals surface area contributed by atoms with Crippen molar-refractivity contribution < 1.29 is 9.72 Å². The van der Waals surface area contributed by atoms with Gasteiger partial charge in [-0.1, -0.05) is 0 Å². The molecule has 0 fully saturated rings. The van der Waals surface area contributed by atoms with Gasteiger partial charge in [-0.05, 0) is 29.7 Å². The summed E-state index contributed by atoms with van der Waals surface area (Å²) in [6.07, 6.45) is 4.23. The zero-order valence-corrected chi connectivity index (χ0v) is 12.2. The first-order valence-electron chi connectivity index (χ1n) is 6.61. The number of nitrogens with zero attached hydrogens (tertiary/aromatic N) is 4. The van der Waals surface area contributed by atoms with Gasteiger partial charge in [-0.15, -0.1) is 11.3 Å². The Morgan fingerprint density at radius 1 is 1.59 bits per heavy atom. The van der Waals surface area contributed by atoms with Gasteiger partial charge in [-0.3, -0.25) is 4.79 Å². The zero-order valence-electron chi connectivity index (χ0n) is 11.4. The molecule has 0 spiro atoms. The molecule has 1 aliphatic carbocycles. The van der Waals surface area contributed by atoms with Crippen LogP contribution < -0.4 is 5.32 Å². The Morgan fingerprint density at radius 3 is 3.09 bits per heavy atom. The minimum absolute atomic E-state index is 0.138. The van der Waals surface area contributed by atoms with Crippen LogP contribution in [-0.2, 0) is 24.2 Å². The second-order valence-electron chi connectivity index (χ2n) is 4.85. The fraction of sp³-hybridized carbons (Fsp3) is 0.308. The van der Waals surface area contributed by atoms with E-state index in [1.54, 1.807) is 0 Å². The Balaban J connectivity index is 1.72. The Kier molecular flexibility index (Phi) is 3.60. The standard InChI is InChI=1S/C13H11N5O3S/c14-6-9-8-2-1-3-10(8)22-13(9)15-12(19)7-17-5-4-11(16-17)18(20)21/h4-5H,1-3,7H2,(H,15,19). The average molecular weight is 317 g/mol. The molecule has 3 rings (SSSR count). The van der Waals surface area contributed by atoms with Crippen molar-refractivity contribution in [3.63, 3.8) is 0 Å². The average Bonchev–Trinajstić information content (AvgIpc) is 3.13. The molecule has 9 heteroatoms. The van der Waals surface area contributed by atoms with Crippen LogP contribution >= 0.6 is 11.3 Å². The summed E-state index contributed by atoms with van der Waals surface area (Å²) in [5.74, 6) is -0.671. The maximum absolute atomic E-state index is 12.0. The van der Waals surface area contributed by atoms with Crippen LogP contribution in [0, 0.1) is 21.4 Å². The summed E-state index contributed by atoms with van der Waals surface area (Å²) in [5, 5.41) is 26.7. The summed E-state index contributed by atoms with van der Waals surface area (Å²) in [7, 11) is 0. The fourth-order valence-electron chi connectivity index (χ4n) is 2.46. The number of rotatable bonds is 4. The van der Waals surface area contributed by atoms with Gasteiger partial charge in [-0.2, -0.15) is 9.94 Å². The molecule has 1 N–H and O–H groups in total. The highest BCUT2D eigenvalue weighted by Crippen LogP contribution is 2.38. The van der Waals surface area contributed by atoms with Crippen molar-refractivity contribution in [1.29, 1.82) is 5.26 Å². The van der Waals surface area contributed by atoms with Crippen molar-refractivity contribution in [3.05, 3.63) is 38.4 Å². The largest absolute Gasteiger partial charge is 0.389 e. The van der Waals surface area contributed by atoms with E-state index in [1.165, 1.54) is 28.3 Å². The zero-order chi connectivity index (χ0) is 15.7. The molecule has 1 aliphatic rings. The lowest BCUT2D eigenvalue weighted by atomic mass is 10.1. The molecule has 0 bridgehead atoms. The second kappa shape index (κ2) is 5.57. The number of nitriles is 1. The van der Waals surface area contributed by atoms with Crippen LogP contribution in [0.5, 0.6) is 0 Å². The lowest BCUT2D eigenvalue weighted by Crippen LogP contribution is -2.19. The smallest absolute Gasteiger partial charge is 0.358 e. The van der Waals surface area contributed by atoms with Crippen LogP contribution in [-0.4, -0.2) is 20.6 Å². The van der Waals surface area contributed by atoms with Gasteiger partial charge in [0.15, 0.2) is 0 Å². The summed E-state index contributed by atoms with van der Waals surface area (Å²) in [5.41, 5.74) is 1.58. The van der Waals surface area contributed by atoms with Crippen molar-refractivity contribution in [3.8, 4) is 6.07 Å². The van der Waals surface area contributed by atoms with Crippen LogP contribution in [0.4, 0.5) is 10.8 Å². The monoisotopic (exact) mass is 317 g/mol. The normalized spacial score (nSPS) is 12.7. The van der Waals surface area contributed by atoms with E-state index in [0.29, 0.717) is 10.6 Å². The fourth-order valence-corrected chi connectivity index (χ4v) is 3.72. The third-order valence-electron chi connectivity index (χ3n) is 3.41. The molecular formula is C13H11N5O3S. The summed E-state index contributed by atoms with van der Waals surface area (Å²) >= 11 is 1.43. The highest BCUT2D eigenvalue weighted by Gasteiger charge is 2.23. The molecule has 2 aromatic rings. The van der Waals surface area contributed by atoms with Gasteiger partial charge in [0.1, 0.15) is 17.6 Å². The SMILES string of the molecule is N#Cc1c(NC(=O)Cn2ccc([N+](=O)[O-])n2)sc2c1CCC2. The molecule has 0 saturated carbocycles. The van der Waals surface area contributed by atoms with Crippen molar-refractivity contribution in [2.24, 2.45) is 0 Å². The first-order valence-corrected chi connectivity index (χ1v) is 7.42. The summed E-state index contributed by atoms with van der Waals surface area (Å²) < 4.78 is 1.20. The number of aryl methyl sites for hydroxylation is 1. The Labute approximate surface area is 129 Å². The van der Waals surface area contributed by atoms with Gasteiger partial charge >= 0.3 is 5.82 Å². The van der Waals surface area contributed by atoms with E-state index in [2.05, 4.69) is 16.5 Å². The molecule has 0 aliphatic heterocycles. The number of hydrogen-bond acceptors (Lipinski definition) is 6. The molecule has 1 amide bonds. The molecule has 0 aromatic carbocycles. The molecular weight excluding hydrogens is 306 g/mol. The first-order chi connectivity index (χ1) is 10.6. The van der Waals surface area contributed by atoms with Gasteiger partial charge in [0.25, 0.3) is 0 Å². The van der Waals surface area contributed by atoms with Crippen LogP contribution in [0.15, 0.2) is 12.3 Å². The number of nitrogens with one attached hydrogen (secondary N) is 1. The summed E-state index contributed by atoms with van der Waals surface area (Å²) in [6, 6.07) is 3.38. The lowest BCUT2D eigenvalue weighted by Gasteiger charge is -2.02. The van der Waals surface area contributed by atoms with E-state index < -0.39 is 4.92 Å². The van der Waals surface area contributed by atoms with Gasteiger partial charge in [0.05, 0.1) is 22.9 Å². The maximum Gasteiger partial charge on any atom is 0.389 e.